The fourth-order valence-corrected chi connectivity index (χ4v) is 5.57. The van der Waals surface area contributed by atoms with Gasteiger partial charge in [0.2, 0.25) is 0 Å². The largest absolute Gasteiger partial charge is 0.497 e. The maximum Gasteiger partial charge on any atom is 0.471 e. The van der Waals surface area contributed by atoms with Crippen LogP contribution in [-0.2, 0) is 17.8 Å². The number of pyridine rings is 1. The van der Waals surface area contributed by atoms with Gasteiger partial charge in [0.15, 0.2) is 0 Å². The van der Waals surface area contributed by atoms with Crippen LogP contribution >= 0.6 is 0 Å². The Bertz CT molecular complexity index is 1500. The van der Waals surface area contributed by atoms with E-state index in [1.54, 1.807) is 66.7 Å². The lowest BCUT2D eigenvalue weighted by atomic mass is 9.90. The highest BCUT2D eigenvalue weighted by atomic mass is 19.4. The van der Waals surface area contributed by atoms with Gasteiger partial charge in [-0.25, -0.2) is 0 Å². The summed E-state index contributed by atoms with van der Waals surface area (Å²) in [5.41, 5.74) is 2.66. The lowest BCUT2D eigenvalue weighted by molar-refractivity contribution is -0.189. The van der Waals surface area contributed by atoms with E-state index in [1.807, 2.05) is 36.4 Å². The molecule has 3 aromatic carbocycles. The molecule has 9 heteroatoms. The van der Waals surface area contributed by atoms with Crippen LogP contribution in [-0.4, -0.2) is 58.5 Å². The summed E-state index contributed by atoms with van der Waals surface area (Å²) < 4.78 is 47.0. The van der Waals surface area contributed by atoms with Gasteiger partial charge in [-0.05, 0) is 66.8 Å². The predicted octanol–water partition coefficient (Wildman–Crippen LogP) is 6.05. The summed E-state index contributed by atoms with van der Waals surface area (Å²) in [6.45, 7) is 0.00227. The van der Waals surface area contributed by atoms with Crippen LogP contribution in [0.5, 0.6) is 5.75 Å². The van der Waals surface area contributed by atoms with Gasteiger partial charge in [-0.1, -0.05) is 48.5 Å². The average Bonchev–Trinajstić information content (AvgIpc) is 2.99. The van der Waals surface area contributed by atoms with Gasteiger partial charge < -0.3 is 14.5 Å². The van der Waals surface area contributed by atoms with Gasteiger partial charge in [0.25, 0.3) is 5.91 Å². The first kappa shape index (κ1) is 28.1. The number of methoxy groups -OCH3 is 1. The number of alkyl halides is 3. The Morgan fingerprint density at radius 3 is 2.39 bits per heavy atom. The quantitative estimate of drug-likeness (QED) is 0.276. The van der Waals surface area contributed by atoms with Crippen molar-refractivity contribution in [3.8, 4) is 5.75 Å². The molecule has 41 heavy (non-hydrogen) atoms. The Kier molecular flexibility index (Phi) is 8.23. The number of hydrogen-bond donors (Lipinski definition) is 0. The summed E-state index contributed by atoms with van der Waals surface area (Å²) >= 11 is 0. The molecule has 0 aliphatic carbocycles. The highest BCUT2D eigenvalue weighted by Gasteiger charge is 2.46. The van der Waals surface area contributed by atoms with Crippen molar-refractivity contribution < 1.29 is 27.5 Å². The molecule has 5 rings (SSSR count). The summed E-state index contributed by atoms with van der Waals surface area (Å²) in [7, 11) is 1.54. The zero-order valence-corrected chi connectivity index (χ0v) is 22.6. The molecule has 1 saturated heterocycles. The fourth-order valence-electron chi connectivity index (χ4n) is 5.57. The van der Waals surface area contributed by atoms with E-state index in [4.69, 9.17) is 4.74 Å². The molecule has 1 aliphatic heterocycles. The maximum atomic E-state index is 13.9. The van der Waals surface area contributed by atoms with Crippen LogP contribution in [0.4, 0.5) is 13.2 Å². The second kappa shape index (κ2) is 12.0. The number of piperidine rings is 1. The minimum Gasteiger partial charge on any atom is -0.497 e. The number of rotatable bonds is 7. The topological polar surface area (TPSA) is 62.7 Å². The summed E-state index contributed by atoms with van der Waals surface area (Å²) in [4.78, 5) is 33.5. The van der Waals surface area contributed by atoms with E-state index in [1.165, 1.54) is 0 Å². The van der Waals surface area contributed by atoms with E-state index in [0.29, 0.717) is 34.2 Å². The van der Waals surface area contributed by atoms with Crippen LogP contribution in [0.15, 0.2) is 91.1 Å². The maximum absolute atomic E-state index is 13.9. The molecular weight excluding hydrogens is 531 g/mol. The molecular formula is C32H30F3N3O3. The number of aromatic nitrogens is 1. The highest BCUT2D eigenvalue weighted by molar-refractivity contribution is 5.94. The monoisotopic (exact) mass is 561 g/mol. The van der Waals surface area contributed by atoms with E-state index in [0.717, 1.165) is 10.5 Å². The first-order chi connectivity index (χ1) is 19.7. The van der Waals surface area contributed by atoms with Gasteiger partial charge in [-0.3, -0.25) is 14.6 Å². The Morgan fingerprint density at radius 1 is 0.976 bits per heavy atom. The van der Waals surface area contributed by atoms with Crippen molar-refractivity contribution in [2.45, 2.75) is 44.1 Å². The number of likely N-dealkylation sites (tertiary alicyclic amines) is 1. The number of hydrogen-bond acceptors (Lipinski definition) is 4. The zero-order chi connectivity index (χ0) is 29.0. The first-order valence-electron chi connectivity index (χ1n) is 13.4. The number of fused-ring (bicyclic) bond motifs is 1. The molecule has 0 unspecified atom stereocenters. The van der Waals surface area contributed by atoms with Gasteiger partial charge in [0, 0.05) is 42.3 Å². The van der Waals surface area contributed by atoms with Crippen LogP contribution in [0, 0.1) is 0 Å². The number of nitrogens with zero attached hydrogens (tertiary/aromatic N) is 3. The Hall–Kier alpha value is -4.40. The summed E-state index contributed by atoms with van der Waals surface area (Å²) in [6.07, 6.45) is -2.61. The first-order valence-corrected chi connectivity index (χ1v) is 13.4. The van der Waals surface area contributed by atoms with Gasteiger partial charge in [-0.15, -0.1) is 0 Å². The van der Waals surface area contributed by atoms with Gasteiger partial charge in [0.05, 0.1) is 12.6 Å². The summed E-state index contributed by atoms with van der Waals surface area (Å²) in [5.74, 6) is -1.47. The average molecular weight is 562 g/mol. The van der Waals surface area contributed by atoms with Crippen LogP contribution < -0.4 is 4.74 Å². The molecule has 2 amide bonds. The third-order valence-electron chi connectivity index (χ3n) is 7.62. The minimum absolute atomic E-state index is 0.208. The Balaban J connectivity index is 1.46. The van der Waals surface area contributed by atoms with Crippen molar-refractivity contribution in [1.82, 2.24) is 14.8 Å². The molecule has 6 nitrogen and oxygen atoms in total. The predicted molar refractivity (Wildman–Crippen MR) is 149 cm³/mol. The second-order valence-corrected chi connectivity index (χ2v) is 10.2. The number of carbonyl (C=O) groups is 2. The lowest BCUT2D eigenvalue weighted by Gasteiger charge is -2.44. The smallest absolute Gasteiger partial charge is 0.471 e. The lowest BCUT2D eigenvalue weighted by Crippen LogP contribution is -2.55. The van der Waals surface area contributed by atoms with Gasteiger partial charge in [-0.2, -0.15) is 13.2 Å². The third-order valence-corrected chi connectivity index (χ3v) is 7.62. The second-order valence-electron chi connectivity index (χ2n) is 10.2. The molecule has 2 heterocycles. The molecule has 1 aliphatic rings. The molecule has 0 N–H and O–H groups in total. The normalized spacial score (nSPS) is 17.3. The van der Waals surface area contributed by atoms with Crippen molar-refractivity contribution in [3.63, 3.8) is 0 Å². The number of para-hydroxylation sites is 1. The van der Waals surface area contributed by atoms with Crippen molar-refractivity contribution in [2.75, 3.05) is 13.7 Å². The molecule has 4 aromatic rings. The van der Waals surface area contributed by atoms with Crippen LogP contribution in [0.2, 0.25) is 0 Å². The van der Waals surface area contributed by atoms with Gasteiger partial charge >= 0.3 is 12.1 Å². The van der Waals surface area contributed by atoms with Gasteiger partial charge in [0.1, 0.15) is 5.75 Å². The summed E-state index contributed by atoms with van der Waals surface area (Å²) in [6, 6.07) is 24.0. The van der Waals surface area contributed by atoms with E-state index in [2.05, 4.69) is 4.98 Å². The van der Waals surface area contributed by atoms with Crippen molar-refractivity contribution in [3.05, 3.63) is 108 Å². The van der Waals surface area contributed by atoms with E-state index < -0.39 is 24.2 Å². The number of ether oxygens (including phenoxy) is 1. The van der Waals surface area contributed by atoms with Crippen LogP contribution in [0.3, 0.4) is 0 Å². The standard InChI is InChI=1S/C32H30F3N3O3/c1-41-27-13-11-23(12-14-27)30(39)37-18-16-25(20-26(37)19-22-7-3-2-4-8-22)38(31(40)32(33,34)35)21-24-15-17-36-29-10-6-5-9-28(24)29/h2-15,17,25-26H,16,18-21H2,1H3/t25-,26+/m0/s1. The fraction of sp³-hybridized carbons (Fsp3) is 0.281. The molecule has 2 atom stereocenters. The third kappa shape index (κ3) is 6.34. The molecule has 1 aromatic heterocycles. The van der Waals surface area contributed by atoms with Crippen molar-refractivity contribution in [1.29, 1.82) is 0 Å². The zero-order valence-electron chi connectivity index (χ0n) is 22.6. The molecule has 0 bridgehead atoms. The van der Waals surface area contributed by atoms with E-state index in [9.17, 15) is 22.8 Å². The Morgan fingerprint density at radius 2 is 1.68 bits per heavy atom. The molecule has 212 valence electrons. The molecule has 0 saturated carbocycles. The summed E-state index contributed by atoms with van der Waals surface area (Å²) in [5, 5.41) is 0.697. The van der Waals surface area contributed by atoms with Crippen molar-refractivity contribution >= 4 is 22.7 Å². The van der Waals surface area contributed by atoms with E-state index in [-0.39, 0.29) is 31.8 Å². The number of benzene rings is 3. The van der Waals surface area contributed by atoms with Crippen LogP contribution in [0.1, 0.15) is 34.3 Å². The molecule has 0 radical (unpaired) electrons. The number of halogens is 3. The highest BCUT2D eigenvalue weighted by Crippen LogP contribution is 2.32. The van der Waals surface area contributed by atoms with E-state index >= 15 is 0 Å². The molecule has 1 fully saturated rings. The number of carbonyl (C=O) groups excluding carboxylic acids is 2. The Labute approximate surface area is 236 Å². The van der Waals surface area contributed by atoms with Crippen molar-refractivity contribution in [2.24, 2.45) is 0 Å². The van der Waals surface area contributed by atoms with Crippen LogP contribution in [0.25, 0.3) is 10.9 Å². The SMILES string of the molecule is COc1ccc(C(=O)N2CC[C@H](N(Cc3ccnc4ccccc34)C(=O)C(F)(F)F)C[C@H]2Cc2ccccc2)cc1. The minimum atomic E-state index is -5.03. The number of amides is 2. The molecule has 0 spiro atoms.